The molecule has 3 heterocycles. The summed E-state index contributed by atoms with van der Waals surface area (Å²) in [4.78, 5) is 30.1. The molecule has 1 fully saturated rings. The first kappa shape index (κ1) is 21.4. The van der Waals surface area contributed by atoms with Crippen molar-refractivity contribution in [2.45, 2.75) is 25.7 Å². The molecule has 0 aliphatic carbocycles. The topological polar surface area (TPSA) is 83.7 Å². The number of nitrogens with one attached hydrogen (secondary N) is 2. The zero-order valence-electron chi connectivity index (χ0n) is 17.8. The SMILES string of the molecule is CCOC(=O)c1ccsc1NC(=O)CN1CCC(c2c[nH]c3ccc(OC)cc23)CC1. The number of anilines is 1. The van der Waals surface area contributed by atoms with E-state index in [1.165, 1.54) is 22.3 Å². The van der Waals surface area contributed by atoms with Crippen LogP contribution in [0.2, 0.25) is 0 Å². The number of benzene rings is 1. The molecule has 1 aliphatic heterocycles. The van der Waals surface area contributed by atoms with Gasteiger partial charge in [-0.15, -0.1) is 11.3 Å². The summed E-state index contributed by atoms with van der Waals surface area (Å²) in [5, 5.41) is 6.41. The van der Waals surface area contributed by atoms with E-state index in [9.17, 15) is 9.59 Å². The second-order valence-electron chi connectivity index (χ2n) is 7.64. The number of amides is 1. The van der Waals surface area contributed by atoms with Crippen LogP contribution in [-0.4, -0.2) is 55.1 Å². The van der Waals surface area contributed by atoms with Gasteiger partial charge in [0.05, 0.1) is 25.8 Å². The number of aromatic amines is 1. The zero-order chi connectivity index (χ0) is 21.8. The number of thiophene rings is 1. The highest BCUT2D eigenvalue weighted by Crippen LogP contribution is 2.34. The molecular weight excluding hydrogens is 414 g/mol. The summed E-state index contributed by atoms with van der Waals surface area (Å²) in [6, 6.07) is 7.78. The molecule has 2 N–H and O–H groups in total. The van der Waals surface area contributed by atoms with Crippen molar-refractivity contribution in [1.29, 1.82) is 0 Å². The Morgan fingerprint density at radius 2 is 2.06 bits per heavy atom. The number of H-pyrrole nitrogens is 1. The smallest absolute Gasteiger partial charge is 0.341 e. The molecule has 0 bridgehead atoms. The molecule has 0 atom stereocenters. The Morgan fingerprint density at radius 1 is 1.26 bits per heavy atom. The van der Waals surface area contributed by atoms with Crippen molar-refractivity contribution in [1.82, 2.24) is 9.88 Å². The standard InChI is InChI=1S/C23H27N3O4S/c1-3-30-23(28)17-8-11-31-22(17)25-21(27)14-26-9-6-15(7-10-26)19-13-24-20-5-4-16(29-2)12-18(19)20/h4-5,8,11-13,15,24H,3,6-7,9-10,14H2,1-2H3,(H,25,27). The van der Waals surface area contributed by atoms with E-state index in [1.807, 2.05) is 12.1 Å². The van der Waals surface area contributed by atoms with Crippen molar-refractivity contribution in [3.63, 3.8) is 0 Å². The Labute approximate surface area is 185 Å². The third-order valence-corrected chi connectivity index (χ3v) is 6.56. The molecule has 1 aromatic carbocycles. The molecule has 0 saturated carbocycles. The predicted molar refractivity (Wildman–Crippen MR) is 122 cm³/mol. The highest BCUT2D eigenvalue weighted by atomic mass is 32.1. The van der Waals surface area contributed by atoms with Crippen LogP contribution in [0.4, 0.5) is 5.00 Å². The number of ether oxygens (including phenoxy) is 2. The Bertz CT molecular complexity index is 1070. The van der Waals surface area contributed by atoms with E-state index in [2.05, 4.69) is 27.5 Å². The van der Waals surface area contributed by atoms with E-state index in [-0.39, 0.29) is 5.91 Å². The quantitative estimate of drug-likeness (QED) is 0.536. The van der Waals surface area contributed by atoms with Crippen LogP contribution in [0, 0.1) is 0 Å². The number of likely N-dealkylation sites (tertiary alicyclic amines) is 1. The van der Waals surface area contributed by atoms with Crippen molar-refractivity contribution in [2.75, 3.05) is 38.7 Å². The number of esters is 1. The Balaban J connectivity index is 1.33. The maximum absolute atomic E-state index is 12.5. The minimum atomic E-state index is -0.407. The number of nitrogens with zero attached hydrogens (tertiary/aromatic N) is 1. The van der Waals surface area contributed by atoms with E-state index in [4.69, 9.17) is 9.47 Å². The van der Waals surface area contributed by atoms with Crippen LogP contribution in [0.3, 0.4) is 0 Å². The monoisotopic (exact) mass is 441 g/mol. The molecule has 7 nitrogen and oxygen atoms in total. The van der Waals surface area contributed by atoms with E-state index in [0.717, 1.165) is 37.2 Å². The van der Waals surface area contributed by atoms with Gasteiger partial charge in [0.1, 0.15) is 10.8 Å². The van der Waals surface area contributed by atoms with Gasteiger partial charge in [0.25, 0.3) is 0 Å². The van der Waals surface area contributed by atoms with Crippen molar-refractivity contribution < 1.29 is 19.1 Å². The third kappa shape index (κ3) is 4.75. The van der Waals surface area contributed by atoms with Crippen molar-refractivity contribution >= 4 is 39.1 Å². The van der Waals surface area contributed by atoms with Crippen LogP contribution in [0.1, 0.15) is 41.6 Å². The average Bonchev–Trinajstić information content (AvgIpc) is 3.41. The number of carbonyl (C=O) groups excluding carboxylic acids is 2. The lowest BCUT2D eigenvalue weighted by molar-refractivity contribution is -0.117. The van der Waals surface area contributed by atoms with Gasteiger partial charge in [0.2, 0.25) is 5.91 Å². The molecule has 0 spiro atoms. The summed E-state index contributed by atoms with van der Waals surface area (Å²) >= 11 is 1.33. The fourth-order valence-corrected chi connectivity index (χ4v) is 4.92. The van der Waals surface area contributed by atoms with E-state index in [1.54, 1.807) is 25.5 Å². The lowest BCUT2D eigenvalue weighted by Crippen LogP contribution is -2.38. The van der Waals surface area contributed by atoms with Crippen LogP contribution in [-0.2, 0) is 9.53 Å². The molecule has 4 rings (SSSR count). The largest absolute Gasteiger partial charge is 0.497 e. The first-order chi connectivity index (χ1) is 15.1. The lowest BCUT2D eigenvalue weighted by atomic mass is 9.89. The molecule has 8 heteroatoms. The van der Waals surface area contributed by atoms with Gasteiger partial charge in [-0.05, 0) is 74.0 Å². The summed E-state index contributed by atoms with van der Waals surface area (Å²) in [5.74, 6) is 0.796. The molecule has 164 valence electrons. The predicted octanol–water partition coefficient (Wildman–Crippen LogP) is 4.23. The maximum Gasteiger partial charge on any atom is 0.341 e. The number of fused-ring (bicyclic) bond motifs is 1. The van der Waals surface area contributed by atoms with Crippen LogP contribution in [0.15, 0.2) is 35.8 Å². The summed E-state index contributed by atoms with van der Waals surface area (Å²) < 4.78 is 10.4. The number of carbonyl (C=O) groups is 2. The van der Waals surface area contributed by atoms with Crippen molar-refractivity contribution in [3.05, 3.63) is 47.0 Å². The van der Waals surface area contributed by atoms with E-state index in [0.29, 0.717) is 29.6 Å². The molecular formula is C23H27N3O4S. The second-order valence-corrected chi connectivity index (χ2v) is 8.55. The third-order valence-electron chi connectivity index (χ3n) is 5.73. The van der Waals surface area contributed by atoms with Gasteiger partial charge < -0.3 is 19.8 Å². The van der Waals surface area contributed by atoms with Crippen molar-refractivity contribution in [2.24, 2.45) is 0 Å². The first-order valence-corrected chi connectivity index (χ1v) is 11.4. The van der Waals surface area contributed by atoms with Crippen molar-refractivity contribution in [3.8, 4) is 5.75 Å². The van der Waals surface area contributed by atoms with Gasteiger partial charge in [-0.3, -0.25) is 9.69 Å². The summed E-state index contributed by atoms with van der Waals surface area (Å²) in [6.07, 6.45) is 4.08. The number of methoxy groups -OCH3 is 1. The summed E-state index contributed by atoms with van der Waals surface area (Å²) in [7, 11) is 1.68. The highest BCUT2D eigenvalue weighted by molar-refractivity contribution is 7.14. The lowest BCUT2D eigenvalue weighted by Gasteiger charge is -2.31. The van der Waals surface area contributed by atoms with Gasteiger partial charge in [0.15, 0.2) is 0 Å². The molecule has 2 aromatic heterocycles. The van der Waals surface area contributed by atoms with Gasteiger partial charge in [-0.2, -0.15) is 0 Å². The number of hydrogen-bond donors (Lipinski definition) is 2. The van der Waals surface area contributed by atoms with Gasteiger partial charge in [-0.1, -0.05) is 0 Å². The second kappa shape index (κ2) is 9.53. The maximum atomic E-state index is 12.5. The average molecular weight is 442 g/mol. The van der Waals surface area contributed by atoms with Gasteiger partial charge >= 0.3 is 5.97 Å². The fourth-order valence-electron chi connectivity index (χ4n) is 4.13. The Hall–Kier alpha value is -2.84. The molecule has 1 saturated heterocycles. The molecule has 31 heavy (non-hydrogen) atoms. The number of rotatable bonds is 7. The first-order valence-electron chi connectivity index (χ1n) is 10.5. The fraction of sp³-hybridized carbons (Fsp3) is 0.391. The molecule has 1 amide bonds. The van der Waals surface area contributed by atoms with Crippen LogP contribution in [0.5, 0.6) is 5.75 Å². The molecule has 1 aliphatic rings. The minimum absolute atomic E-state index is 0.108. The minimum Gasteiger partial charge on any atom is -0.497 e. The van der Waals surface area contributed by atoms with Gasteiger partial charge in [-0.25, -0.2) is 4.79 Å². The normalized spacial score (nSPS) is 15.2. The van der Waals surface area contributed by atoms with Crippen LogP contribution >= 0.6 is 11.3 Å². The highest BCUT2D eigenvalue weighted by Gasteiger charge is 2.25. The molecule has 0 radical (unpaired) electrons. The van der Waals surface area contributed by atoms with Crippen LogP contribution < -0.4 is 10.1 Å². The molecule has 0 unspecified atom stereocenters. The Morgan fingerprint density at radius 3 is 2.81 bits per heavy atom. The van der Waals surface area contributed by atoms with E-state index < -0.39 is 5.97 Å². The van der Waals surface area contributed by atoms with E-state index >= 15 is 0 Å². The summed E-state index contributed by atoms with van der Waals surface area (Å²) in [6.45, 7) is 4.08. The molecule has 3 aromatic rings. The number of piperidine rings is 1. The number of aromatic nitrogens is 1. The van der Waals surface area contributed by atoms with Crippen LogP contribution in [0.25, 0.3) is 10.9 Å². The van der Waals surface area contributed by atoms with Gasteiger partial charge in [0, 0.05) is 17.1 Å². The summed E-state index contributed by atoms with van der Waals surface area (Å²) in [5.41, 5.74) is 2.84. The number of hydrogen-bond acceptors (Lipinski definition) is 6. The zero-order valence-corrected chi connectivity index (χ0v) is 18.6. The Kier molecular flexibility index (Phi) is 6.58.